The van der Waals surface area contributed by atoms with E-state index in [2.05, 4.69) is 40.8 Å². The molecule has 3 aliphatic heterocycles. The molecule has 1 spiro atoms. The standard InChI is InChI=1S/C24H35N3O2/c1-17-10-21(11-18(2)25-17)27-15-19-13-26(14-20(19)16-27)9-6-22-12-24(23(28)29-22)7-4-3-5-8-24/h10-11,19-20,22H,3-9,12-16H2,1-2H3/t19?,20?,22-/m1/s1. The zero-order valence-corrected chi connectivity index (χ0v) is 18.0. The van der Waals surface area contributed by atoms with Crippen LogP contribution in [-0.2, 0) is 9.53 Å². The van der Waals surface area contributed by atoms with Crippen molar-refractivity contribution in [2.45, 2.75) is 64.9 Å². The average molecular weight is 398 g/mol. The Balaban J connectivity index is 1.12. The van der Waals surface area contributed by atoms with E-state index in [-0.39, 0.29) is 17.5 Å². The van der Waals surface area contributed by atoms with Gasteiger partial charge in [0.25, 0.3) is 0 Å². The Bertz CT molecular complexity index is 739. The number of ether oxygens (including phenoxy) is 1. The summed E-state index contributed by atoms with van der Waals surface area (Å²) in [5.74, 6) is 1.64. The topological polar surface area (TPSA) is 45.7 Å². The second-order valence-corrected chi connectivity index (χ2v) is 10.2. The minimum Gasteiger partial charge on any atom is -0.462 e. The molecule has 1 aliphatic carbocycles. The molecule has 0 radical (unpaired) electrons. The summed E-state index contributed by atoms with van der Waals surface area (Å²) in [7, 11) is 0. The lowest BCUT2D eigenvalue weighted by atomic mass is 9.72. The maximum absolute atomic E-state index is 12.5. The molecular formula is C24H35N3O2. The van der Waals surface area contributed by atoms with Crippen LogP contribution in [0.5, 0.6) is 0 Å². The molecule has 1 aromatic heterocycles. The van der Waals surface area contributed by atoms with E-state index < -0.39 is 0 Å². The number of nitrogens with zero attached hydrogens (tertiary/aromatic N) is 3. The molecule has 158 valence electrons. The fourth-order valence-corrected chi connectivity index (χ4v) is 6.44. The number of carbonyl (C=O) groups is 1. The quantitative estimate of drug-likeness (QED) is 0.725. The van der Waals surface area contributed by atoms with Crippen LogP contribution in [0.1, 0.15) is 56.3 Å². The Morgan fingerprint density at radius 2 is 1.69 bits per heavy atom. The van der Waals surface area contributed by atoms with Crippen molar-refractivity contribution in [2.24, 2.45) is 17.3 Å². The molecule has 0 aromatic carbocycles. The van der Waals surface area contributed by atoms with Gasteiger partial charge in [-0.05, 0) is 57.1 Å². The molecule has 3 saturated heterocycles. The van der Waals surface area contributed by atoms with E-state index in [1.165, 1.54) is 38.0 Å². The average Bonchev–Trinajstić information content (AvgIpc) is 3.32. The minimum atomic E-state index is -0.119. The smallest absolute Gasteiger partial charge is 0.312 e. The molecule has 4 heterocycles. The molecule has 5 nitrogen and oxygen atoms in total. The number of likely N-dealkylation sites (tertiary alicyclic amines) is 1. The number of esters is 1. The summed E-state index contributed by atoms with van der Waals surface area (Å²) in [6, 6.07) is 4.45. The highest BCUT2D eigenvalue weighted by molar-refractivity contribution is 5.79. The van der Waals surface area contributed by atoms with E-state index in [1.807, 2.05) is 0 Å². The highest BCUT2D eigenvalue weighted by Crippen LogP contribution is 2.46. The minimum absolute atomic E-state index is 0.110. The van der Waals surface area contributed by atoms with E-state index in [0.717, 1.165) is 68.5 Å². The van der Waals surface area contributed by atoms with Crippen molar-refractivity contribution < 1.29 is 9.53 Å². The lowest BCUT2D eigenvalue weighted by Gasteiger charge is -2.28. The second-order valence-electron chi connectivity index (χ2n) is 10.2. The molecule has 4 fully saturated rings. The van der Waals surface area contributed by atoms with Gasteiger partial charge in [-0.2, -0.15) is 0 Å². The van der Waals surface area contributed by atoms with Crippen molar-refractivity contribution in [1.82, 2.24) is 9.88 Å². The van der Waals surface area contributed by atoms with E-state index in [9.17, 15) is 4.79 Å². The van der Waals surface area contributed by atoms with Crippen molar-refractivity contribution in [3.63, 3.8) is 0 Å². The van der Waals surface area contributed by atoms with Crippen LogP contribution in [0.2, 0.25) is 0 Å². The number of pyridine rings is 1. The zero-order chi connectivity index (χ0) is 20.0. The molecule has 0 N–H and O–H groups in total. The number of anilines is 1. The van der Waals surface area contributed by atoms with Crippen LogP contribution in [0.25, 0.3) is 0 Å². The van der Waals surface area contributed by atoms with Gasteiger partial charge in [0.1, 0.15) is 6.10 Å². The lowest BCUT2D eigenvalue weighted by molar-refractivity contribution is -0.150. The molecule has 3 atom stereocenters. The zero-order valence-electron chi connectivity index (χ0n) is 18.0. The highest BCUT2D eigenvalue weighted by Gasteiger charge is 2.49. The normalized spacial score (nSPS) is 31.4. The Labute approximate surface area is 174 Å². The number of hydrogen-bond acceptors (Lipinski definition) is 5. The summed E-state index contributed by atoms with van der Waals surface area (Å²) in [6.45, 7) is 9.95. The van der Waals surface area contributed by atoms with Gasteiger partial charge >= 0.3 is 5.97 Å². The fourth-order valence-electron chi connectivity index (χ4n) is 6.44. The summed E-state index contributed by atoms with van der Waals surface area (Å²) >= 11 is 0. The molecule has 29 heavy (non-hydrogen) atoms. The van der Waals surface area contributed by atoms with Gasteiger partial charge in [0.2, 0.25) is 0 Å². The van der Waals surface area contributed by atoms with Gasteiger partial charge in [0.15, 0.2) is 0 Å². The van der Waals surface area contributed by atoms with E-state index in [4.69, 9.17) is 4.74 Å². The van der Waals surface area contributed by atoms with Crippen molar-refractivity contribution in [3.05, 3.63) is 23.5 Å². The number of aromatic nitrogens is 1. The number of carbonyl (C=O) groups excluding carboxylic acids is 1. The van der Waals surface area contributed by atoms with Gasteiger partial charge < -0.3 is 14.5 Å². The number of fused-ring (bicyclic) bond motifs is 1. The van der Waals surface area contributed by atoms with E-state index >= 15 is 0 Å². The van der Waals surface area contributed by atoms with Crippen LogP contribution in [0, 0.1) is 31.1 Å². The molecule has 0 amide bonds. The van der Waals surface area contributed by atoms with E-state index in [0.29, 0.717) is 0 Å². The van der Waals surface area contributed by atoms with Gasteiger partial charge in [-0.15, -0.1) is 0 Å². The molecule has 1 saturated carbocycles. The molecular weight excluding hydrogens is 362 g/mol. The Kier molecular flexibility index (Phi) is 5.05. The third-order valence-corrected chi connectivity index (χ3v) is 7.90. The van der Waals surface area contributed by atoms with Crippen LogP contribution < -0.4 is 4.90 Å². The summed E-state index contributed by atoms with van der Waals surface area (Å²) in [5, 5.41) is 0. The van der Waals surface area contributed by atoms with Crippen LogP contribution >= 0.6 is 0 Å². The third kappa shape index (κ3) is 3.78. The predicted molar refractivity (Wildman–Crippen MR) is 114 cm³/mol. The maximum atomic E-state index is 12.5. The first-order valence-electron chi connectivity index (χ1n) is 11.6. The van der Waals surface area contributed by atoms with Gasteiger partial charge in [0.05, 0.1) is 5.41 Å². The van der Waals surface area contributed by atoms with Crippen LogP contribution in [-0.4, -0.2) is 54.7 Å². The lowest BCUT2D eigenvalue weighted by Crippen LogP contribution is -2.31. The Morgan fingerprint density at radius 3 is 2.34 bits per heavy atom. The van der Waals surface area contributed by atoms with Gasteiger partial charge in [-0.25, -0.2) is 0 Å². The van der Waals surface area contributed by atoms with Crippen molar-refractivity contribution >= 4 is 11.7 Å². The van der Waals surface area contributed by atoms with Gasteiger partial charge in [-0.1, -0.05) is 19.3 Å². The first-order chi connectivity index (χ1) is 14.0. The number of cyclic esters (lactones) is 1. The van der Waals surface area contributed by atoms with E-state index in [1.54, 1.807) is 0 Å². The number of hydrogen-bond donors (Lipinski definition) is 0. The summed E-state index contributed by atoms with van der Waals surface area (Å²) in [4.78, 5) is 22.2. The molecule has 0 bridgehead atoms. The number of aryl methyl sites for hydroxylation is 2. The van der Waals surface area contributed by atoms with Crippen molar-refractivity contribution in [1.29, 1.82) is 0 Å². The SMILES string of the molecule is Cc1cc(N2CC3CN(CC[C@@H]4CC5(CCCCC5)C(=O)O4)CC3C2)cc(C)n1. The highest BCUT2D eigenvalue weighted by atomic mass is 16.6. The molecule has 2 unspecified atom stereocenters. The summed E-state index contributed by atoms with van der Waals surface area (Å²) < 4.78 is 5.83. The van der Waals surface area contributed by atoms with Crippen LogP contribution in [0.4, 0.5) is 5.69 Å². The first kappa shape index (κ1) is 19.3. The monoisotopic (exact) mass is 397 g/mol. The molecule has 5 heteroatoms. The summed E-state index contributed by atoms with van der Waals surface area (Å²) in [6.07, 6.45) is 7.93. The maximum Gasteiger partial charge on any atom is 0.312 e. The predicted octanol–water partition coefficient (Wildman–Crippen LogP) is 3.72. The van der Waals surface area contributed by atoms with Crippen molar-refractivity contribution in [2.75, 3.05) is 37.6 Å². The second kappa shape index (κ2) is 7.57. The Hall–Kier alpha value is -1.62. The first-order valence-corrected chi connectivity index (χ1v) is 11.6. The fraction of sp³-hybridized carbons (Fsp3) is 0.750. The molecule has 1 aromatic rings. The largest absolute Gasteiger partial charge is 0.462 e. The van der Waals surface area contributed by atoms with Crippen LogP contribution in [0.15, 0.2) is 12.1 Å². The van der Waals surface area contributed by atoms with Crippen molar-refractivity contribution in [3.8, 4) is 0 Å². The van der Waals surface area contributed by atoms with Gasteiger partial charge in [0, 0.05) is 56.2 Å². The third-order valence-electron chi connectivity index (χ3n) is 7.90. The molecule has 5 rings (SSSR count). The molecule has 4 aliphatic rings. The number of rotatable bonds is 4. The Morgan fingerprint density at radius 1 is 1.03 bits per heavy atom. The summed E-state index contributed by atoms with van der Waals surface area (Å²) in [5.41, 5.74) is 3.44. The van der Waals surface area contributed by atoms with Crippen LogP contribution in [0.3, 0.4) is 0 Å². The van der Waals surface area contributed by atoms with Gasteiger partial charge in [-0.3, -0.25) is 9.78 Å².